The number of aliphatic carboxylic acids is 1. The molecule has 1 aromatic carbocycles. The van der Waals surface area contributed by atoms with E-state index >= 15 is 0 Å². The van der Waals surface area contributed by atoms with Gasteiger partial charge in [0, 0.05) is 18.5 Å². The summed E-state index contributed by atoms with van der Waals surface area (Å²) in [4.78, 5) is 25.4. The zero-order valence-corrected chi connectivity index (χ0v) is 16.5. The average molecular weight is 366 g/mol. The summed E-state index contributed by atoms with van der Waals surface area (Å²) >= 11 is 0. The second-order valence-corrected chi connectivity index (χ2v) is 7.35. The number of alkyl carbamates (subject to hydrolysis) is 1. The fourth-order valence-electron chi connectivity index (χ4n) is 2.41. The minimum absolute atomic E-state index is 0.154. The van der Waals surface area contributed by atoms with Gasteiger partial charge in [-0.15, -0.1) is 0 Å². The standard InChI is InChI=1S/C19H30N2O5/c1-7-25-16-9-8-13(10-14(16)12-21(5)6)11-15(17(22)23)20-18(24)26-19(2,3)4/h8-10,15H,7,11-12H2,1-6H3,(H,20,24)(H,22,23). The SMILES string of the molecule is CCOc1ccc(CC(NC(=O)OC(C)(C)C)C(=O)O)cc1CN(C)C. The minimum atomic E-state index is -1.11. The van der Waals surface area contributed by atoms with E-state index in [9.17, 15) is 14.7 Å². The largest absolute Gasteiger partial charge is 0.494 e. The molecular weight excluding hydrogens is 336 g/mol. The van der Waals surface area contributed by atoms with Gasteiger partial charge in [-0.05, 0) is 53.4 Å². The van der Waals surface area contributed by atoms with Crippen molar-refractivity contribution in [1.29, 1.82) is 0 Å². The molecule has 26 heavy (non-hydrogen) atoms. The maximum atomic E-state index is 11.9. The van der Waals surface area contributed by atoms with Crippen molar-refractivity contribution in [2.75, 3.05) is 20.7 Å². The Morgan fingerprint density at radius 1 is 1.27 bits per heavy atom. The van der Waals surface area contributed by atoms with Crippen molar-refractivity contribution in [2.45, 2.75) is 52.3 Å². The number of nitrogens with one attached hydrogen (secondary N) is 1. The second-order valence-electron chi connectivity index (χ2n) is 7.35. The van der Waals surface area contributed by atoms with Gasteiger partial charge in [0.15, 0.2) is 0 Å². The molecule has 0 spiro atoms. The van der Waals surface area contributed by atoms with Crippen LogP contribution in [0, 0.1) is 0 Å². The maximum absolute atomic E-state index is 11.9. The molecule has 2 N–H and O–H groups in total. The number of amides is 1. The van der Waals surface area contributed by atoms with Gasteiger partial charge < -0.3 is 24.8 Å². The lowest BCUT2D eigenvalue weighted by atomic mass is 10.0. The van der Waals surface area contributed by atoms with Crippen molar-refractivity contribution < 1.29 is 24.2 Å². The normalized spacial score (nSPS) is 12.6. The first-order chi connectivity index (χ1) is 12.0. The Hall–Kier alpha value is -2.28. The zero-order valence-electron chi connectivity index (χ0n) is 16.5. The summed E-state index contributed by atoms with van der Waals surface area (Å²) in [5.41, 5.74) is 1.08. The van der Waals surface area contributed by atoms with Gasteiger partial charge in [-0.1, -0.05) is 12.1 Å². The fraction of sp³-hybridized carbons (Fsp3) is 0.579. The van der Waals surface area contributed by atoms with Crippen molar-refractivity contribution >= 4 is 12.1 Å². The number of hydrogen-bond acceptors (Lipinski definition) is 5. The van der Waals surface area contributed by atoms with Gasteiger partial charge in [0.05, 0.1) is 6.61 Å². The first kappa shape index (κ1) is 21.8. The van der Waals surface area contributed by atoms with Crippen molar-refractivity contribution in [1.82, 2.24) is 10.2 Å². The minimum Gasteiger partial charge on any atom is -0.494 e. The average Bonchev–Trinajstić information content (AvgIpc) is 2.46. The van der Waals surface area contributed by atoms with Crippen LogP contribution in [0.2, 0.25) is 0 Å². The van der Waals surface area contributed by atoms with E-state index in [2.05, 4.69) is 5.32 Å². The van der Waals surface area contributed by atoms with Crippen LogP contribution in [0.4, 0.5) is 4.79 Å². The molecule has 146 valence electrons. The van der Waals surface area contributed by atoms with Crippen LogP contribution < -0.4 is 10.1 Å². The third kappa shape index (κ3) is 7.74. The Bertz CT molecular complexity index is 623. The number of nitrogens with zero attached hydrogens (tertiary/aromatic N) is 1. The van der Waals surface area contributed by atoms with Crippen molar-refractivity contribution in [3.05, 3.63) is 29.3 Å². The van der Waals surface area contributed by atoms with E-state index in [1.165, 1.54) is 0 Å². The summed E-state index contributed by atoms with van der Waals surface area (Å²) < 4.78 is 10.8. The van der Waals surface area contributed by atoms with Gasteiger partial charge in [-0.3, -0.25) is 0 Å². The highest BCUT2D eigenvalue weighted by molar-refractivity contribution is 5.80. The highest BCUT2D eigenvalue weighted by Gasteiger charge is 2.24. The third-order valence-corrected chi connectivity index (χ3v) is 3.34. The van der Waals surface area contributed by atoms with Crippen LogP contribution in [-0.4, -0.2) is 54.4 Å². The smallest absolute Gasteiger partial charge is 0.408 e. The van der Waals surface area contributed by atoms with E-state index < -0.39 is 23.7 Å². The first-order valence-corrected chi connectivity index (χ1v) is 8.63. The molecule has 1 atom stereocenters. The lowest BCUT2D eigenvalue weighted by Gasteiger charge is -2.22. The number of carbonyl (C=O) groups is 2. The molecular formula is C19H30N2O5. The molecule has 0 saturated heterocycles. The summed E-state index contributed by atoms with van der Waals surface area (Å²) in [5, 5.41) is 11.9. The maximum Gasteiger partial charge on any atom is 0.408 e. The van der Waals surface area contributed by atoms with E-state index in [-0.39, 0.29) is 6.42 Å². The van der Waals surface area contributed by atoms with Crippen LogP contribution in [0.3, 0.4) is 0 Å². The van der Waals surface area contributed by atoms with Crippen LogP contribution in [0.1, 0.15) is 38.8 Å². The Morgan fingerprint density at radius 2 is 1.92 bits per heavy atom. The highest BCUT2D eigenvalue weighted by Crippen LogP contribution is 2.22. The summed E-state index contributed by atoms with van der Waals surface area (Å²) in [6.07, 6.45) is -0.592. The van der Waals surface area contributed by atoms with Gasteiger partial charge in [0.25, 0.3) is 0 Å². The fourth-order valence-corrected chi connectivity index (χ4v) is 2.41. The molecule has 7 nitrogen and oxygen atoms in total. The number of rotatable bonds is 8. The van der Waals surface area contributed by atoms with Gasteiger partial charge in [0.1, 0.15) is 17.4 Å². The predicted molar refractivity (Wildman–Crippen MR) is 99.5 cm³/mol. The topological polar surface area (TPSA) is 88.1 Å². The van der Waals surface area contributed by atoms with Gasteiger partial charge in [-0.25, -0.2) is 9.59 Å². The highest BCUT2D eigenvalue weighted by atomic mass is 16.6. The Labute approximate surface area is 155 Å². The predicted octanol–water partition coefficient (Wildman–Crippen LogP) is 2.67. The van der Waals surface area contributed by atoms with Crippen LogP contribution in [0.5, 0.6) is 5.75 Å². The molecule has 1 aromatic rings. The lowest BCUT2D eigenvalue weighted by molar-refractivity contribution is -0.139. The molecule has 0 aliphatic carbocycles. The number of carboxylic acids is 1. The van der Waals surface area contributed by atoms with E-state index in [1.54, 1.807) is 20.8 Å². The molecule has 0 bridgehead atoms. The molecule has 0 aliphatic rings. The molecule has 0 saturated carbocycles. The van der Waals surface area contributed by atoms with Gasteiger partial charge in [-0.2, -0.15) is 0 Å². The van der Waals surface area contributed by atoms with E-state index in [4.69, 9.17) is 9.47 Å². The van der Waals surface area contributed by atoms with Crippen molar-refractivity contribution in [3.8, 4) is 5.75 Å². The molecule has 1 unspecified atom stereocenters. The number of carbonyl (C=O) groups excluding carboxylic acids is 1. The van der Waals surface area contributed by atoms with E-state index in [0.717, 1.165) is 16.9 Å². The van der Waals surface area contributed by atoms with Crippen LogP contribution in [0.15, 0.2) is 18.2 Å². The Balaban J connectivity index is 2.94. The van der Waals surface area contributed by atoms with E-state index in [0.29, 0.717) is 13.2 Å². The second kappa shape index (κ2) is 9.43. The van der Waals surface area contributed by atoms with Crippen LogP contribution in [-0.2, 0) is 22.5 Å². The molecule has 0 fully saturated rings. The molecule has 0 aromatic heterocycles. The molecule has 0 aliphatic heterocycles. The molecule has 1 rings (SSSR count). The van der Waals surface area contributed by atoms with Crippen LogP contribution >= 0.6 is 0 Å². The monoisotopic (exact) mass is 366 g/mol. The Kier molecular flexibility index (Phi) is 7.89. The number of carboxylic acid groups (broad SMARTS) is 1. The molecule has 0 heterocycles. The quantitative estimate of drug-likeness (QED) is 0.735. The Morgan fingerprint density at radius 3 is 2.42 bits per heavy atom. The molecule has 7 heteroatoms. The summed E-state index contributed by atoms with van der Waals surface area (Å²) in [7, 11) is 3.90. The van der Waals surface area contributed by atoms with Crippen molar-refractivity contribution in [2.24, 2.45) is 0 Å². The number of ether oxygens (including phenoxy) is 2. The van der Waals surface area contributed by atoms with Gasteiger partial charge in [0.2, 0.25) is 0 Å². The zero-order chi connectivity index (χ0) is 19.9. The number of benzene rings is 1. The molecule has 0 radical (unpaired) electrons. The summed E-state index contributed by atoms with van der Waals surface area (Å²) in [5.74, 6) is -0.337. The van der Waals surface area contributed by atoms with Crippen molar-refractivity contribution in [3.63, 3.8) is 0 Å². The first-order valence-electron chi connectivity index (χ1n) is 8.63. The number of hydrogen-bond donors (Lipinski definition) is 2. The summed E-state index contributed by atoms with van der Waals surface area (Å²) in [6, 6.07) is 4.49. The third-order valence-electron chi connectivity index (χ3n) is 3.34. The lowest BCUT2D eigenvalue weighted by Crippen LogP contribution is -2.44. The summed E-state index contributed by atoms with van der Waals surface area (Å²) in [6.45, 7) is 8.31. The van der Waals surface area contributed by atoms with Gasteiger partial charge >= 0.3 is 12.1 Å². The molecule has 1 amide bonds. The van der Waals surface area contributed by atoms with E-state index in [1.807, 2.05) is 44.1 Å². The van der Waals surface area contributed by atoms with Crippen LogP contribution in [0.25, 0.3) is 0 Å².